The van der Waals surface area contributed by atoms with Gasteiger partial charge in [-0.2, -0.15) is 0 Å². The second kappa shape index (κ2) is 8.98. The van der Waals surface area contributed by atoms with Crippen molar-refractivity contribution >= 4 is 15.2 Å². The zero-order valence-electron chi connectivity index (χ0n) is 9.21. The van der Waals surface area contributed by atoms with Gasteiger partial charge in [0.2, 0.25) is 0 Å². The fraction of sp³-hybridized carbons (Fsp3) is 0.889. The molecule has 0 spiro atoms. The summed E-state index contributed by atoms with van der Waals surface area (Å²) in [6, 6.07) is -0.696. The van der Waals surface area contributed by atoms with Crippen LogP contribution < -0.4 is 11.5 Å². The Hall–Kier alpha value is -0.100. The molecular weight excluding hydrogens is 231 g/mol. The van der Waals surface area contributed by atoms with Crippen LogP contribution in [0.3, 0.4) is 0 Å². The third-order valence-electron chi connectivity index (χ3n) is 2.30. The molecule has 0 aromatic rings. The summed E-state index contributed by atoms with van der Waals surface area (Å²) in [5.74, 6) is -0.409. The lowest BCUT2D eigenvalue weighted by Gasteiger charge is -2.21. The predicted molar refractivity (Wildman–Crippen MR) is 63.6 cm³/mol. The number of unbranched alkanes of at least 4 members (excludes halogenated alkanes) is 1. The third-order valence-corrected chi connectivity index (χ3v) is 2.59. The highest BCUT2D eigenvalue weighted by Crippen LogP contribution is 2.10. The standard InChI is InChI=1S/C9H21N2O4P/c10-4-2-1-3-6(11)8(14)9(15-16)7(13)5-12/h6-7,9,12-13H,1-5,10-11,16H2/t6-,7?,9?/m0/s1. The minimum absolute atomic E-state index is 0.409. The zero-order chi connectivity index (χ0) is 12.6. The van der Waals surface area contributed by atoms with Gasteiger partial charge in [0.25, 0.3) is 0 Å². The van der Waals surface area contributed by atoms with Crippen molar-refractivity contribution in [3.8, 4) is 0 Å². The van der Waals surface area contributed by atoms with Crippen molar-refractivity contribution in [3.05, 3.63) is 0 Å². The molecular formula is C9H21N2O4P. The Bertz CT molecular complexity index is 206. The summed E-state index contributed by atoms with van der Waals surface area (Å²) in [6.45, 7) is 0.0179. The van der Waals surface area contributed by atoms with E-state index < -0.39 is 30.6 Å². The van der Waals surface area contributed by atoms with E-state index in [9.17, 15) is 9.90 Å². The first-order chi connectivity index (χ1) is 7.58. The normalized spacial score (nSPS) is 16.8. The van der Waals surface area contributed by atoms with Crippen LogP contribution in [0.2, 0.25) is 0 Å². The predicted octanol–water partition coefficient (Wildman–Crippen LogP) is -1.46. The molecule has 0 aliphatic carbocycles. The summed E-state index contributed by atoms with van der Waals surface area (Å²) in [6.07, 6.45) is -0.287. The number of aliphatic hydroxyl groups excluding tert-OH is 2. The van der Waals surface area contributed by atoms with E-state index in [-0.39, 0.29) is 0 Å². The van der Waals surface area contributed by atoms with Crippen LogP contribution in [-0.4, -0.2) is 47.4 Å². The molecule has 6 nitrogen and oxygen atoms in total. The highest BCUT2D eigenvalue weighted by molar-refractivity contribution is 7.09. The molecule has 0 aromatic carbocycles. The van der Waals surface area contributed by atoms with Gasteiger partial charge in [-0.3, -0.25) is 4.79 Å². The molecule has 16 heavy (non-hydrogen) atoms. The molecule has 4 atom stereocenters. The maximum atomic E-state index is 11.7. The van der Waals surface area contributed by atoms with Crippen LogP contribution in [0.1, 0.15) is 19.3 Å². The molecule has 0 radical (unpaired) electrons. The van der Waals surface area contributed by atoms with Gasteiger partial charge in [-0.1, -0.05) is 6.42 Å². The van der Waals surface area contributed by atoms with Crippen LogP contribution in [0.5, 0.6) is 0 Å². The third kappa shape index (κ3) is 5.30. The van der Waals surface area contributed by atoms with Crippen molar-refractivity contribution < 1.29 is 19.5 Å². The minimum Gasteiger partial charge on any atom is -0.394 e. The molecule has 7 heteroatoms. The first kappa shape index (κ1) is 15.9. The van der Waals surface area contributed by atoms with Gasteiger partial charge in [0.05, 0.1) is 12.6 Å². The smallest absolute Gasteiger partial charge is 0.181 e. The van der Waals surface area contributed by atoms with E-state index in [1.807, 2.05) is 9.47 Å². The molecule has 0 bridgehead atoms. The van der Waals surface area contributed by atoms with Crippen molar-refractivity contribution in [1.82, 2.24) is 0 Å². The van der Waals surface area contributed by atoms with Gasteiger partial charge in [0, 0.05) is 9.47 Å². The number of rotatable bonds is 9. The molecule has 0 aliphatic rings. The van der Waals surface area contributed by atoms with Gasteiger partial charge in [-0.05, 0) is 19.4 Å². The monoisotopic (exact) mass is 252 g/mol. The van der Waals surface area contributed by atoms with Crippen molar-refractivity contribution in [2.45, 2.75) is 37.5 Å². The SMILES string of the molecule is NCCCC[C@H](N)C(=O)C(OP)C(O)CO. The van der Waals surface area contributed by atoms with Crippen molar-refractivity contribution in [2.24, 2.45) is 11.5 Å². The van der Waals surface area contributed by atoms with Crippen LogP contribution in [-0.2, 0) is 9.32 Å². The average Bonchev–Trinajstić information content (AvgIpc) is 2.29. The number of carbonyl (C=O) groups is 1. The Morgan fingerprint density at radius 1 is 1.44 bits per heavy atom. The molecule has 0 aliphatic heterocycles. The number of Topliss-reactive ketones (excluding diaryl/α,β-unsaturated/α-hetero) is 1. The molecule has 0 amide bonds. The Balaban J connectivity index is 4.16. The molecule has 0 fully saturated rings. The maximum absolute atomic E-state index is 11.7. The summed E-state index contributed by atoms with van der Waals surface area (Å²) in [7, 11) is 1.90. The topological polar surface area (TPSA) is 119 Å². The Kier molecular flexibility index (Phi) is 8.93. The first-order valence-electron chi connectivity index (χ1n) is 5.22. The number of hydrogen-bond donors (Lipinski definition) is 4. The van der Waals surface area contributed by atoms with Gasteiger partial charge in [-0.25, -0.2) is 0 Å². The average molecular weight is 252 g/mol. The second-order valence-electron chi connectivity index (χ2n) is 3.60. The number of carbonyl (C=O) groups excluding carboxylic acids is 1. The molecule has 0 saturated carbocycles. The lowest BCUT2D eigenvalue weighted by molar-refractivity contribution is -0.133. The van der Waals surface area contributed by atoms with Crippen LogP contribution in [0.25, 0.3) is 0 Å². The molecule has 3 unspecified atom stereocenters. The molecule has 0 aromatic heterocycles. The van der Waals surface area contributed by atoms with E-state index in [4.69, 9.17) is 21.1 Å². The van der Waals surface area contributed by atoms with Crippen molar-refractivity contribution in [3.63, 3.8) is 0 Å². The fourth-order valence-electron chi connectivity index (χ4n) is 1.30. The van der Waals surface area contributed by atoms with E-state index >= 15 is 0 Å². The lowest BCUT2D eigenvalue weighted by Crippen LogP contribution is -2.46. The fourth-order valence-corrected chi connectivity index (χ4v) is 1.62. The van der Waals surface area contributed by atoms with E-state index in [1.165, 1.54) is 0 Å². The number of hydrogen-bond acceptors (Lipinski definition) is 6. The van der Waals surface area contributed by atoms with Gasteiger partial charge < -0.3 is 26.2 Å². The quantitative estimate of drug-likeness (QED) is 0.294. The van der Waals surface area contributed by atoms with Crippen LogP contribution in [0.4, 0.5) is 0 Å². The molecule has 0 heterocycles. The summed E-state index contributed by atoms with van der Waals surface area (Å²) in [4.78, 5) is 11.7. The minimum atomic E-state index is -1.24. The Morgan fingerprint density at radius 2 is 2.06 bits per heavy atom. The van der Waals surface area contributed by atoms with E-state index in [0.717, 1.165) is 12.8 Å². The van der Waals surface area contributed by atoms with Crippen LogP contribution in [0.15, 0.2) is 0 Å². The van der Waals surface area contributed by atoms with E-state index in [0.29, 0.717) is 13.0 Å². The Labute approximate surface area is 97.6 Å². The lowest BCUT2D eigenvalue weighted by atomic mass is 9.99. The largest absolute Gasteiger partial charge is 0.394 e. The summed E-state index contributed by atoms with van der Waals surface area (Å²) >= 11 is 0. The molecule has 96 valence electrons. The van der Waals surface area contributed by atoms with Crippen molar-refractivity contribution in [2.75, 3.05) is 13.2 Å². The second-order valence-corrected chi connectivity index (χ2v) is 3.87. The summed E-state index contributed by atoms with van der Waals surface area (Å²) < 4.78 is 4.74. The first-order valence-corrected chi connectivity index (χ1v) is 5.69. The van der Waals surface area contributed by atoms with E-state index in [1.54, 1.807) is 0 Å². The molecule has 0 rings (SSSR count). The zero-order valence-corrected chi connectivity index (χ0v) is 10.4. The van der Waals surface area contributed by atoms with Crippen molar-refractivity contribution in [1.29, 1.82) is 0 Å². The highest BCUT2D eigenvalue weighted by atomic mass is 31.0. The summed E-state index contributed by atoms with van der Waals surface area (Å²) in [5, 5.41) is 18.1. The summed E-state index contributed by atoms with van der Waals surface area (Å²) in [5.41, 5.74) is 11.0. The maximum Gasteiger partial charge on any atom is 0.181 e. The van der Waals surface area contributed by atoms with E-state index in [2.05, 4.69) is 0 Å². The van der Waals surface area contributed by atoms with Gasteiger partial charge in [0.15, 0.2) is 5.78 Å². The van der Waals surface area contributed by atoms with Gasteiger partial charge >= 0.3 is 0 Å². The number of ketones is 1. The number of nitrogens with two attached hydrogens (primary N) is 2. The molecule has 6 N–H and O–H groups in total. The van der Waals surface area contributed by atoms with Crippen LogP contribution >= 0.6 is 9.47 Å². The van der Waals surface area contributed by atoms with Gasteiger partial charge in [-0.15, -0.1) is 0 Å². The molecule has 0 saturated heterocycles. The van der Waals surface area contributed by atoms with Gasteiger partial charge in [0.1, 0.15) is 12.2 Å². The number of aliphatic hydroxyl groups is 2. The highest BCUT2D eigenvalue weighted by Gasteiger charge is 2.29. The van der Waals surface area contributed by atoms with Crippen LogP contribution in [0, 0.1) is 0 Å². The Morgan fingerprint density at radius 3 is 2.50 bits per heavy atom.